The molecule has 0 bridgehead atoms. The second kappa shape index (κ2) is 6.90. The highest BCUT2D eigenvalue weighted by atomic mass is 79.9. The first kappa shape index (κ1) is 17.3. The van der Waals surface area contributed by atoms with E-state index in [0.29, 0.717) is 5.75 Å². The van der Waals surface area contributed by atoms with Crippen LogP contribution in [0.3, 0.4) is 0 Å². The largest absolute Gasteiger partial charge is 0.609 e. The maximum Gasteiger partial charge on any atom is 0.346 e. The molecule has 26 heavy (non-hydrogen) atoms. The molecule has 1 aliphatic heterocycles. The lowest BCUT2D eigenvalue weighted by molar-refractivity contribution is 0.174. The number of benzene rings is 2. The fourth-order valence-corrected chi connectivity index (χ4v) is 3.49. The van der Waals surface area contributed by atoms with Crippen molar-refractivity contribution < 1.29 is 23.2 Å². The van der Waals surface area contributed by atoms with Gasteiger partial charge in [-0.3, -0.25) is 0 Å². The van der Waals surface area contributed by atoms with Crippen molar-refractivity contribution in [2.75, 3.05) is 13.0 Å². The Morgan fingerprint density at radius 1 is 1.23 bits per heavy atom. The van der Waals surface area contributed by atoms with Crippen LogP contribution in [0.4, 0.5) is 4.39 Å². The number of nitrogens with zero attached hydrogens (tertiary/aromatic N) is 2. The Bertz CT molecular complexity index is 988. The monoisotopic (exact) mass is 438 g/mol. The molecular weight excluding hydrogens is 427 g/mol. The van der Waals surface area contributed by atoms with Gasteiger partial charge in [0.05, 0.1) is 0 Å². The van der Waals surface area contributed by atoms with Crippen LogP contribution >= 0.6 is 15.9 Å². The van der Waals surface area contributed by atoms with Gasteiger partial charge < -0.3 is 18.8 Å². The average molecular weight is 439 g/mol. The van der Waals surface area contributed by atoms with Crippen LogP contribution < -0.4 is 14.2 Å². The molecule has 1 aliphatic rings. The molecule has 0 saturated carbocycles. The Morgan fingerprint density at radius 2 is 1.96 bits per heavy atom. The van der Waals surface area contributed by atoms with E-state index in [-0.39, 0.29) is 45.6 Å². The molecule has 0 saturated heterocycles. The minimum Gasteiger partial charge on any atom is -0.609 e. The van der Waals surface area contributed by atoms with Gasteiger partial charge in [0.1, 0.15) is 28.2 Å². The van der Waals surface area contributed by atoms with Crippen molar-refractivity contribution in [3.63, 3.8) is 0 Å². The standard InChI is InChI=1S/C17H12BrFN2O4S/c1-26(22)17-20-13-10(14-15(25-8-24-14)11(18)12(13)19)16(21-17)23-7-9-5-3-2-4-6-9/h2-6H,7-8H2,1H3. The molecule has 0 amide bonds. The highest BCUT2D eigenvalue weighted by molar-refractivity contribution is 9.10. The normalized spacial score (nSPS) is 13.8. The van der Waals surface area contributed by atoms with Crippen molar-refractivity contribution in [1.29, 1.82) is 0 Å². The number of halogens is 2. The summed E-state index contributed by atoms with van der Waals surface area (Å²) in [6, 6.07) is 9.45. The van der Waals surface area contributed by atoms with Crippen LogP contribution in [-0.4, -0.2) is 27.6 Å². The summed E-state index contributed by atoms with van der Waals surface area (Å²) in [6.45, 7) is 0.155. The van der Waals surface area contributed by atoms with Crippen LogP contribution in [-0.2, 0) is 17.8 Å². The number of ether oxygens (including phenoxy) is 3. The summed E-state index contributed by atoms with van der Waals surface area (Å²) in [5.41, 5.74) is 0.870. The van der Waals surface area contributed by atoms with Crippen LogP contribution in [0.15, 0.2) is 40.0 Å². The van der Waals surface area contributed by atoms with Gasteiger partial charge in [0, 0.05) is 11.2 Å². The lowest BCUT2D eigenvalue weighted by Crippen LogP contribution is -2.08. The summed E-state index contributed by atoms with van der Waals surface area (Å²) in [4.78, 5) is 8.31. The van der Waals surface area contributed by atoms with E-state index < -0.39 is 17.0 Å². The van der Waals surface area contributed by atoms with Gasteiger partial charge in [0.15, 0.2) is 17.3 Å². The first-order valence-corrected chi connectivity index (χ1v) is 9.90. The van der Waals surface area contributed by atoms with Crippen LogP contribution in [0.2, 0.25) is 0 Å². The molecule has 0 spiro atoms. The Labute approximate surface area is 159 Å². The smallest absolute Gasteiger partial charge is 0.346 e. The van der Waals surface area contributed by atoms with Crippen molar-refractivity contribution >= 4 is 38.0 Å². The second-order valence-electron chi connectivity index (χ2n) is 5.46. The van der Waals surface area contributed by atoms with Crippen molar-refractivity contribution in [3.8, 4) is 17.4 Å². The van der Waals surface area contributed by atoms with Gasteiger partial charge >= 0.3 is 5.16 Å². The van der Waals surface area contributed by atoms with Gasteiger partial charge in [-0.1, -0.05) is 30.3 Å². The van der Waals surface area contributed by atoms with E-state index in [2.05, 4.69) is 25.9 Å². The third-order valence-corrected chi connectivity index (χ3v) is 5.18. The highest BCUT2D eigenvalue weighted by Gasteiger charge is 2.31. The minimum absolute atomic E-state index is 0.0229. The Hall–Kier alpha value is -2.10. The lowest BCUT2D eigenvalue weighted by Gasteiger charge is -2.13. The third-order valence-electron chi connectivity index (χ3n) is 3.77. The Kier molecular flexibility index (Phi) is 4.60. The molecule has 134 valence electrons. The van der Waals surface area contributed by atoms with Crippen molar-refractivity contribution in [2.24, 2.45) is 0 Å². The molecule has 2 aromatic carbocycles. The van der Waals surface area contributed by atoms with E-state index >= 15 is 0 Å². The molecule has 1 unspecified atom stereocenters. The molecule has 3 aromatic rings. The predicted molar refractivity (Wildman–Crippen MR) is 96.4 cm³/mol. The molecule has 2 heterocycles. The zero-order chi connectivity index (χ0) is 18.3. The Balaban J connectivity index is 1.89. The van der Waals surface area contributed by atoms with Gasteiger partial charge in [0.2, 0.25) is 12.7 Å². The molecule has 0 N–H and O–H groups in total. The summed E-state index contributed by atoms with van der Waals surface area (Å²) < 4.78 is 43.4. The van der Waals surface area contributed by atoms with Gasteiger partial charge in [-0.25, -0.2) is 4.39 Å². The lowest BCUT2D eigenvalue weighted by atomic mass is 10.2. The van der Waals surface area contributed by atoms with Crippen LogP contribution in [0.1, 0.15) is 5.56 Å². The maximum absolute atomic E-state index is 14.8. The van der Waals surface area contributed by atoms with E-state index in [1.165, 1.54) is 6.26 Å². The van der Waals surface area contributed by atoms with E-state index in [9.17, 15) is 8.94 Å². The second-order valence-corrected chi connectivity index (χ2v) is 7.52. The van der Waals surface area contributed by atoms with Gasteiger partial charge in [-0.05, 0) is 21.5 Å². The summed E-state index contributed by atoms with van der Waals surface area (Å²) in [5.74, 6) is -0.0292. The van der Waals surface area contributed by atoms with Crippen LogP contribution in [0, 0.1) is 5.82 Å². The summed E-state index contributed by atoms with van der Waals surface area (Å²) in [6.07, 6.45) is 1.42. The molecular formula is C17H12BrFN2O4S. The summed E-state index contributed by atoms with van der Waals surface area (Å²) in [7, 11) is 0. The average Bonchev–Trinajstić information content (AvgIpc) is 3.14. The zero-order valence-corrected chi connectivity index (χ0v) is 15.9. The van der Waals surface area contributed by atoms with Gasteiger partial charge in [-0.2, -0.15) is 4.98 Å². The van der Waals surface area contributed by atoms with Crippen molar-refractivity contribution in [3.05, 3.63) is 46.2 Å². The molecule has 9 heteroatoms. The third kappa shape index (κ3) is 2.95. The molecule has 1 atom stereocenters. The molecule has 6 nitrogen and oxygen atoms in total. The number of rotatable bonds is 4. The van der Waals surface area contributed by atoms with E-state index in [1.54, 1.807) is 0 Å². The Morgan fingerprint density at radius 3 is 2.69 bits per heavy atom. The first-order valence-electron chi connectivity index (χ1n) is 7.54. The first-order chi connectivity index (χ1) is 12.6. The molecule has 0 aliphatic carbocycles. The summed E-state index contributed by atoms with van der Waals surface area (Å²) >= 11 is 1.64. The van der Waals surface area contributed by atoms with Crippen molar-refractivity contribution in [1.82, 2.24) is 9.97 Å². The number of hydrogen-bond donors (Lipinski definition) is 0. The van der Waals surface area contributed by atoms with Crippen LogP contribution in [0.25, 0.3) is 10.9 Å². The zero-order valence-electron chi connectivity index (χ0n) is 13.5. The SMILES string of the molecule is C[S+]([O-])c1nc(OCc2ccccc2)c2c3c(c(Br)c(F)c2n1)OCO3. The predicted octanol–water partition coefficient (Wildman–Crippen LogP) is 3.58. The highest BCUT2D eigenvalue weighted by Crippen LogP contribution is 2.49. The fourth-order valence-electron chi connectivity index (χ4n) is 2.57. The molecule has 0 fully saturated rings. The minimum atomic E-state index is -1.51. The molecule has 1 aromatic heterocycles. The molecule has 4 rings (SSSR count). The van der Waals surface area contributed by atoms with E-state index in [0.717, 1.165) is 5.56 Å². The van der Waals surface area contributed by atoms with Crippen molar-refractivity contribution in [2.45, 2.75) is 11.8 Å². The number of aromatic nitrogens is 2. The van der Waals surface area contributed by atoms with Crippen LogP contribution in [0.5, 0.6) is 17.4 Å². The number of hydrogen-bond acceptors (Lipinski definition) is 6. The topological polar surface area (TPSA) is 76.5 Å². The van der Waals surface area contributed by atoms with Gasteiger partial charge in [0.25, 0.3) is 0 Å². The quantitative estimate of drug-likeness (QED) is 0.457. The van der Waals surface area contributed by atoms with Gasteiger partial charge in [-0.15, -0.1) is 4.98 Å². The van der Waals surface area contributed by atoms with E-state index in [1.807, 2.05) is 30.3 Å². The number of fused-ring (bicyclic) bond motifs is 3. The van der Waals surface area contributed by atoms with E-state index in [4.69, 9.17) is 14.2 Å². The maximum atomic E-state index is 14.8. The molecule has 0 radical (unpaired) electrons. The summed E-state index contributed by atoms with van der Waals surface area (Å²) in [5, 5.41) is 0.230. The fraction of sp³-hybridized carbons (Fsp3) is 0.176.